The fourth-order valence-electron chi connectivity index (χ4n) is 3.25. The molecule has 0 saturated carbocycles. The Kier molecular flexibility index (Phi) is 4.05. The molecule has 0 fully saturated rings. The van der Waals surface area contributed by atoms with Crippen LogP contribution in [-0.4, -0.2) is 17.8 Å². The molecule has 0 radical (unpaired) electrons. The van der Waals surface area contributed by atoms with Crippen molar-refractivity contribution < 1.29 is 8.42 Å². The summed E-state index contributed by atoms with van der Waals surface area (Å²) in [5.74, 6) is 0. The Morgan fingerprint density at radius 1 is 0.963 bits per heavy atom. The van der Waals surface area contributed by atoms with E-state index < -0.39 is 9.05 Å². The molecule has 0 saturated heterocycles. The zero-order valence-corrected chi connectivity index (χ0v) is 16.8. The zero-order valence-electron chi connectivity index (χ0n) is 15.3. The largest absolute Gasteiger partial charge is 0.313 e. The Bertz CT molecular complexity index is 1270. The zero-order chi connectivity index (χ0) is 19.4. The van der Waals surface area contributed by atoms with Gasteiger partial charge in [0.25, 0.3) is 9.05 Å². The minimum absolute atomic E-state index is 0.0460. The Balaban J connectivity index is 1.97. The summed E-state index contributed by atoms with van der Waals surface area (Å²) in [5.41, 5.74) is 5.47. The van der Waals surface area contributed by atoms with Crippen LogP contribution in [-0.2, 0) is 14.5 Å². The van der Waals surface area contributed by atoms with Crippen molar-refractivity contribution in [2.24, 2.45) is 0 Å². The predicted octanol–water partition coefficient (Wildman–Crippen LogP) is 5.38. The first-order valence-electron chi connectivity index (χ1n) is 8.61. The molecular formula is C21H19ClN2O2S. The van der Waals surface area contributed by atoms with E-state index in [-0.39, 0.29) is 10.3 Å². The molecule has 6 heteroatoms. The molecule has 0 aliphatic rings. The van der Waals surface area contributed by atoms with Crippen LogP contribution in [0.5, 0.6) is 0 Å². The molecule has 138 valence electrons. The van der Waals surface area contributed by atoms with Crippen LogP contribution in [0.15, 0.2) is 65.7 Å². The molecule has 2 aromatic carbocycles. The summed E-state index contributed by atoms with van der Waals surface area (Å²) in [6.07, 6.45) is 1.95. The standard InChI is InChI=1S/C21H19ClN2O2S/c1-21(2,3)15-8-6-14(7-9-15)20-19-5-4-12-24(19)18-11-10-16(27(22,25)26)13-17(18)23-20/h4-13H,1-3H3. The maximum absolute atomic E-state index is 11.7. The first-order chi connectivity index (χ1) is 12.6. The molecule has 4 aromatic rings. The Morgan fingerprint density at radius 2 is 1.67 bits per heavy atom. The maximum atomic E-state index is 11.7. The molecule has 2 heterocycles. The van der Waals surface area contributed by atoms with E-state index in [1.807, 2.05) is 22.7 Å². The average molecular weight is 399 g/mol. The van der Waals surface area contributed by atoms with Crippen LogP contribution in [0.2, 0.25) is 0 Å². The third-order valence-corrected chi connectivity index (χ3v) is 6.09. The highest BCUT2D eigenvalue weighted by atomic mass is 35.7. The van der Waals surface area contributed by atoms with Crippen LogP contribution in [0, 0.1) is 0 Å². The minimum Gasteiger partial charge on any atom is -0.313 e. The molecule has 0 atom stereocenters. The maximum Gasteiger partial charge on any atom is 0.261 e. The molecule has 0 aliphatic heterocycles. The van der Waals surface area contributed by atoms with Crippen LogP contribution < -0.4 is 0 Å². The lowest BCUT2D eigenvalue weighted by Crippen LogP contribution is -2.10. The van der Waals surface area contributed by atoms with Gasteiger partial charge in [-0.2, -0.15) is 0 Å². The van der Waals surface area contributed by atoms with Crippen molar-refractivity contribution in [1.82, 2.24) is 9.38 Å². The quantitative estimate of drug-likeness (QED) is 0.426. The van der Waals surface area contributed by atoms with E-state index in [9.17, 15) is 8.42 Å². The molecule has 4 nitrogen and oxygen atoms in total. The molecule has 2 aromatic heterocycles. The summed E-state index contributed by atoms with van der Waals surface area (Å²) in [7, 11) is 1.70. The van der Waals surface area contributed by atoms with Crippen molar-refractivity contribution >= 4 is 36.3 Å². The SMILES string of the molecule is CC(C)(C)c1ccc(-c2nc3cc(S(=O)(=O)Cl)ccc3n3cccc23)cc1. The molecular weight excluding hydrogens is 380 g/mol. The van der Waals surface area contributed by atoms with Gasteiger partial charge in [-0.3, -0.25) is 0 Å². The van der Waals surface area contributed by atoms with Gasteiger partial charge in [0.2, 0.25) is 0 Å². The lowest BCUT2D eigenvalue weighted by Gasteiger charge is -2.19. The highest BCUT2D eigenvalue weighted by molar-refractivity contribution is 8.13. The van der Waals surface area contributed by atoms with Gasteiger partial charge in [0.1, 0.15) is 0 Å². The Morgan fingerprint density at radius 3 is 2.30 bits per heavy atom. The van der Waals surface area contributed by atoms with E-state index in [0.717, 1.165) is 22.3 Å². The molecule has 0 bridgehead atoms. The van der Waals surface area contributed by atoms with E-state index >= 15 is 0 Å². The summed E-state index contributed by atoms with van der Waals surface area (Å²) in [4.78, 5) is 4.81. The fourth-order valence-corrected chi connectivity index (χ4v) is 4.02. The van der Waals surface area contributed by atoms with Crippen LogP contribution in [0.4, 0.5) is 0 Å². The number of hydrogen-bond donors (Lipinski definition) is 0. The third-order valence-electron chi connectivity index (χ3n) is 4.74. The molecule has 0 unspecified atom stereocenters. The summed E-state index contributed by atoms with van der Waals surface area (Å²) in [5, 5.41) is 0. The average Bonchev–Trinajstić information content (AvgIpc) is 3.09. The van der Waals surface area contributed by atoms with Gasteiger partial charge in [0, 0.05) is 22.4 Å². The number of aromatic nitrogens is 2. The molecule has 0 spiro atoms. The van der Waals surface area contributed by atoms with E-state index in [0.29, 0.717) is 5.52 Å². The number of nitrogens with zero attached hydrogens (tertiary/aromatic N) is 2. The van der Waals surface area contributed by atoms with Gasteiger partial charge < -0.3 is 4.40 Å². The lowest BCUT2D eigenvalue weighted by atomic mass is 9.86. The number of fused-ring (bicyclic) bond motifs is 3. The van der Waals surface area contributed by atoms with Crippen molar-refractivity contribution in [3.63, 3.8) is 0 Å². The topological polar surface area (TPSA) is 51.4 Å². The van der Waals surface area contributed by atoms with Crippen LogP contribution in [0.3, 0.4) is 0 Å². The van der Waals surface area contributed by atoms with E-state index in [1.165, 1.54) is 17.7 Å². The molecule has 0 N–H and O–H groups in total. The lowest BCUT2D eigenvalue weighted by molar-refractivity contribution is 0.590. The van der Waals surface area contributed by atoms with E-state index in [4.69, 9.17) is 15.7 Å². The van der Waals surface area contributed by atoms with Crippen LogP contribution in [0.25, 0.3) is 27.8 Å². The predicted molar refractivity (Wildman–Crippen MR) is 110 cm³/mol. The number of hydrogen-bond acceptors (Lipinski definition) is 3. The normalized spacial score (nSPS) is 12.7. The summed E-state index contributed by atoms with van der Waals surface area (Å²) >= 11 is 0. The van der Waals surface area contributed by atoms with Gasteiger partial charge in [0.15, 0.2) is 0 Å². The van der Waals surface area contributed by atoms with Crippen molar-refractivity contribution in [2.75, 3.05) is 0 Å². The molecule has 4 rings (SSSR count). The Hall–Kier alpha value is -2.37. The summed E-state index contributed by atoms with van der Waals surface area (Å²) in [6.45, 7) is 6.53. The summed E-state index contributed by atoms with van der Waals surface area (Å²) in [6, 6.07) is 17.1. The van der Waals surface area contributed by atoms with E-state index in [2.05, 4.69) is 45.0 Å². The summed E-state index contributed by atoms with van der Waals surface area (Å²) < 4.78 is 25.4. The van der Waals surface area contributed by atoms with Crippen LogP contribution >= 0.6 is 10.7 Å². The Labute approximate surface area is 162 Å². The monoisotopic (exact) mass is 398 g/mol. The van der Waals surface area contributed by atoms with Gasteiger partial charge in [-0.1, -0.05) is 45.0 Å². The highest BCUT2D eigenvalue weighted by Crippen LogP contribution is 2.31. The van der Waals surface area contributed by atoms with Crippen molar-refractivity contribution in [3.8, 4) is 11.3 Å². The van der Waals surface area contributed by atoms with Gasteiger partial charge in [0.05, 0.1) is 27.1 Å². The second-order valence-corrected chi connectivity index (χ2v) is 10.2. The third kappa shape index (κ3) is 3.22. The highest BCUT2D eigenvalue weighted by Gasteiger charge is 2.16. The van der Waals surface area contributed by atoms with Crippen molar-refractivity contribution in [1.29, 1.82) is 0 Å². The second kappa shape index (κ2) is 6.08. The smallest absolute Gasteiger partial charge is 0.261 e. The minimum atomic E-state index is -3.81. The van der Waals surface area contributed by atoms with Gasteiger partial charge >= 0.3 is 0 Å². The number of halogens is 1. The second-order valence-electron chi connectivity index (χ2n) is 7.64. The van der Waals surface area contributed by atoms with Gasteiger partial charge in [-0.25, -0.2) is 13.4 Å². The van der Waals surface area contributed by atoms with Gasteiger partial charge in [-0.05, 0) is 41.3 Å². The molecule has 27 heavy (non-hydrogen) atoms. The van der Waals surface area contributed by atoms with Crippen molar-refractivity contribution in [3.05, 3.63) is 66.4 Å². The number of rotatable bonds is 2. The molecule has 0 aliphatic carbocycles. The molecule has 0 amide bonds. The van der Waals surface area contributed by atoms with E-state index in [1.54, 1.807) is 6.07 Å². The van der Waals surface area contributed by atoms with Crippen LogP contribution in [0.1, 0.15) is 26.3 Å². The fraction of sp³-hybridized carbons (Fsp3) is 0.190. The van der Waals surface area contributed by atoms with Gasteiger partial charge in [-0.15, -0.1) is 0 Å². The van der Waals surface area contributed by atoms with Crippen molar-refractivity contribution in [2.45, 2.75) is 31.1 Å². The first-order valence-corrected chi connectivity index (χ1v) is 10.9. The number of benzene rings is 2. The first kappa shape index (κ1) is 18.0.